The van der Waals surface area contributed by atoms with E-state index in [1.54, 1.807) is 0 Å². The predicted octanol–water partition coefficient (Wildman–Crippen LogP) is 4.86. The average Bonchev–Trinajstić information content (AvgIpc) is 2.36. The second kappa shape index (κ2) is 5.12. The molecule has 0 bridgehead atoms. The Kier molecular flexibility index (Phi) is 4.02. The number of fused-ring (bicyclic) bond motifs is 1. The third kappa shape index (κ3) is 2.99. The second-order valence-corrected chi connectivity index (χ2v) is 8.59. The van der Waals surface area contributed by atoms with Gasteiger partial charge in [0, 0.05) is 15.9 Å². The van der Waals surface area contributed by atoms with Gasteiger partial charge in [0.2, 0.25) is 0 Å². The highest BCUT2D eigenvalue weighted by Crippen LogP contribution is 2.40. The molecule has 0 fully saturated rings. The molecule has 0 atom stereocenters. The molecule has 0 radical (unpaired) electrons. The Labute approximate surface area is 122 Å². The molecular formula is C17H27NS. The van der Waals surface area contributed by atoms with Gasteiger partial charge in [0.25, 0.3) is 0 Å². The van der Waals surface area contributed by atoms with Crippen LogP contribution in [0.2, 0.25) is 0 Å². The van der Waals surface area contributed by atoms with E-state index in [1.165, 1.54) is 48.2 Å². The Morgan fingerprint density at radius 1 is 1.05 bits per heavy atom. The quantitative estimate of drug-likeness (QED) is 0.766. The molecule has 0 spiro atoms. The van der Waals surface area contributed by atoms with E-state index in [9.17, 15) is 0 Å². The number of pyridine rings is 1. The van der Waals surface area contributed by atoms with Gasteiger partial charge in [-0.05, 0) is 56.9 Å². The van der Waals surface area contributed by atoms with E-state index in [4.69, 9.17) is 4.98 Å². The van der Waals surface area contributed by atoms with E-state index >= 15 is 0 Å². The zero-order valence-corrected chi connectivity index (χ0v) is 14.1. The number of aromatic nitrogens is 1. The minimum absolute atomic E-state index is 0.120. The van der Waals surface area contributed by atoms with Crippen LogP contribution in [-0.4, -0.2) is 11.2 Å². The third-order valence-corrected chi connectivity index (χ3v) is 5.41. The number of aryl methyl sites for hydroxylation is 2. The molecule has 0 saturated heterocycles. The van der Waals surface area contributed by atoms with Crippen molar-refractivity contribution >= 4 is 11.8 Å². The van der Waals surface area contributed by atoms with Crippen LogP contribution < -0.4 is 0 Å². The molecule has 0 unspecified atom stereocenters. The first-order valence-electron chi connectivity index (χ1n) is 7.34. The molecule has 1 aliphatic carbocycles. The van der Waals surface area contributed by atoms with Crippen LogP contribution >= 0.6 is 11.8 Å². The molecule has 1 heterocycles. The van der Waals surface area contributed by atoms with Gasteiger partial charge in [0.05, 0.1) is 5.69 Å². The van der Waals surface area contributed by atoms with Gasteiger partial charge in [-0.15, -0.1) is 0 Å². The lowest BCUT2D eigenvalue weighted by molar-refractivity contribution is 0.538. The lowest BCUT2D eigenvalue weighted by Crippen LogP contribution is -2.25. The first-order valence-corrected chi connectivity index (χ1v) is 8.57. The Hall–Kier alpha value is -0.500. The largest absolute Gasteiger partial charge is 0.257 e. The molecule has 1 aromatic heterocycles. The summed E-state index contributed by atoms with van der Waals surface area (Å²) in [6, 6.07) is 2.46. The molecule has 0 saturated carbocycles. The summed E-state index contributed by atoms with van der Waals surface area (Å²) >= 11 is 1.92. The van der Waals surface area contributed by atoms with Crippen molar-refractivity contribution in [1.29, 1.82) is 0 Å². The summed E-state index contributed by atoms with van der Waals surface area (Å²) in [5.74, 6) is 0. The van der Waals surface area contributed by atoms with Crippen LogP contribution in [0.4, 0.5) is 0 Å². The minimum Gasteiger partial charge on any atom is -0.257 e. The summed E-state index contributed by atoms with van der Waals surface area (Å²) in [6.07, 6.45) is 7.20. The number of thioether (sulfide) groups is 1. The zero-order chi connectivity index (χ0) is 14.3. The van der Waals surface area contributed by atoms with E-state index in [2.05, 4.69) is 46.9 Å². The van der Waals surface area contributed by atoms with E-state index in [0.717, 1.165) is 0 Å². The Morgan fingerprint density at radius 2 is 1.68 bits per heavy atom. The van der Waals surface area contributed by atoms with Crippen molar-refractivity contribution in [2.75, 3.05) is 6.26 Å². The molecule has 106 valence electrons. The molecule has 0 N–H and O–H groups in total. The smallest absolute Gasteiger partial charge is 0.0506 e. The maximum Gasteiger partial charge on any atom is 0.0506 e. The summed E-state index contributed by atoms with van der Waals surface area (Å²) in [5.41, 5.74) is 5.71. The first kappa shape index (κ1) is 14.9. The van der Waals surface area contributed by atoms with Gasteiger partial charge < -0.3 is 0 Å². The van der Waals surface area contributed by atoms with Crippen molar-refractivity contribution in [3.8, 4) is 0 Å². The highest BCUT2D eigenvalue weighted by molar-refractivity contribution is 7.99. The zero-order valence-electron chi connectivity index (χ0n) is 13.3. The van der Waals surface area contributed by atoms with Gasteiger partial charge in [-0.1, -0.05) is 26.8 Å². The van der Waals surface area contributed by atoms with Gasteiger partial charge in [0.1, 0.15) is 0 Å². The van der Waals surface area contributed by atoms with Gasteiger partial charge >= 0.3 is 0 Å². The van der Waals surface area contributed by atoms with Gasteiger partial charge in [-0.3, -0.25) is 4.98 Å². The van der Waals surface area contributed by atoms with Gasteiger partial charge in [0.15, 0.2) is 0 Å². The maximum atomic E-state index is 5.09. The van der Waals surface area contributed by atoms with E-state index in [1.807, 2.05) is 11.8 Å². The molecular weight excluding hydrogens is 250 g/mol. The fourth-order valence-electron chi connectivity index (χ4n) is 2.77. The van der Waals surface area contributed by atoms with Crippen LogP contribution in [0.1, 0.15) is 70.0 Å². The lowest BCUT2D eigenvalue weighted by atomic mass is 9.82. The van der Waals surface area contributed by atoms with Crippen molar-refractivity contribution in [2.24, 2.45) is 0 Å². The minimum atomic E-state index is 0.120. The van der Waals surface area contributed by atoms with Crippen LogP contribution in [0.5, 0.6) is 0 Å². The Balaban J connectivity index is 2.62. The third-order valence-electron chi connectivity index (χ3n) is 4.17. The highest BCUT2D eigenvalue weighted by Gasteiger charge is 2.30. The fourth-order valence-corrected chi connectivity index (χ4v) is 3.15. The van der Waals surface area contributed by atoms with Crippen molar-refractivity contribution in [1.82, 2.24) is 4.98 Å². The average molecular weight is 277 g/mol. The topological polar surface area (TPSA) is 12.9 Å². The molecule has 2 heteroatoms. The highest BCUT2D eigenvalue weighted by atomic mass is 32.2. The van der Waals surface area contributed by atoms with Crippen molar-refractivity contribution < 1.29 is 0 Å². The number of hydrogen-bond donors (Lipinski definition) is 0. The monoisotopic (exact) mass is 277 g/mol. The Morgan fingerprint density at radius 3 is 2.26 bits per heavy atom. The summed E-state index contributed by atoms with van der Waals surface area (Å²) in [4.78, 5) is 5.09. The number of nitrogens with zero attached hydrogens (tertiary/aromatic N) is 1. The molecule has 19 heavy (non-hydrogen) atoms. The standard InChI is InChI=1S/C17H27NS/c1-16(2,3)15-13(17(4,5)19-6)11-12-9-7-8-10-14(12)18-15/h11H,7-10H2,1-6H3. The molecule has 2 rings (SSSR count). The molecule has 1 aromatic rings. The summed E-state index contributed by atoms with van der Waals surface area (Å²) in [6.45, 7) is 11.5. The second-order valence-electron chi connectivity index (χ2n) is 7.16. The lowest BCUT2D eigenvalue weighted by Gasteiger charge is -2.32. The SMILES string of the molecule is CSC(C)(C)c1cc2c(nc1C(C)(C)C)CCCC2. The molecule has 0 aliphatic heterocycles. The van der Waals surface area contributed by atoms with Crippen molar-refractivity contribution in [3.63, 3.8) is 0 Å². The van der Waals surface area contributed by atoms with E-state index < -0.39 is 0 Å². The molecule has 0 aromatic carbocycles. The van der Waals surface area contributed by atoms with Crippen LogP contribution in [0.15, 0.2) is 6.07 Å². The summed E-state index contributed by atoms with van der Waals surface area (Å²) < 4.78 is 0.141. The van der Waals surface area contributed by atoms with Crippen LogP contribution in [0.3, 0.4) is 0 Å². The Bertz CT molecular complexity index is 469. The fraction of sp³-hybridized carbons (Fsp3) is 0.706. The number of hydrogen-bond acceptors (Lipinski definition) is 2. The van der Waals surface area contributed by atoms with Crippen LogP contribution in [-0.2, 0) is 23.0 Å². The summed E-state index contributed by atoms with van der Waals surface area (Å²) in [5, 5.41) is 0. The molecule has 1 nitrogen and oxygen atoms in total. The van der Waals surface area contributed by atoms with Gasteiger partial charge in [-0.2, -0.15) is 11.8 Å². The van der Waals surface area contributed by atoms with E-state index in [-0.39, 0.29) is 10.2 Å². The first-order chi connectivity index (χ1) is 8.75. The van der Waals surface area contributed by atoms with Gasteiger partial charge in [-0.25, -0.2) is 0 Å². The normalized spacial score (nSPS) is 16.3. The predicted molar refractivity (Wildman–Crippen MR) is 86.1 cm³/mol. The number of rotatable bonds is 2. The van der Waals surface area contributed by atoms with E-state index in [0.29, 0.717) is 0 Å². The molecule has 0 amide bonds. The maximum absolute atomic E-state index is 5.09. The van der Waals surface area contributed by atoms with Crippen LogP contribution in [0, 0.1) is 0 Å². The van der Waals surface area contributed by atoms with Crippen molar-refractivity contribution in [2.45, 2.75) is 70.5 Å². The summed E-state index contributed by atoms with van der Waals surface area (Å²) in [7, 11) is 0. The van der Waals surface area contributed by atoms with Crippen molar-refractivity contribution in [3.05, 3.63) is 28.6 Å². The van der Waals surface area contributed by atoms with Crippen LogP contribution in [0.25, 0.3) is 0 Å². The molecule has 1 aliphatic rings.